The first kappa shape index (κ1) is 16.4. The van der Waals surface area contributed by atoms with E-state index in [1.54, 1.807) is 12.1 Å². The van der Waals surface area contributed by atoms with Crippen molar-refractivity contribution in [1.82, 2.24) is 0 Å². The molecule has 0 fully saturated rings. The first-order valence-electron chi connectivity index (χ1n) is 9.36. The van der Waals surface area contributed by atoms with Gasteiger partial charge in [0, 0.05) is 34.3 Å². The summed E-state index contributed by atoms with van der Waals surface area (Å²) in [5.74, 6) is 0.542. The van der Waals surface area contributed by atoms with Crippen LogP contribution in [0.3, 0.4) is 0 Å². The second kappa shape index (κ2) is 6.12. The minimum atomic E-state index is -0.249. The summed E-state index contributed by atoms with van der Waals surface area (Å²) < 4.78 is 24.9. The fourth-order valence-electron chi connectivity index (χ4n) is 4.32. The molecule has 1 aliphatic carbocycles. The Morgan fingerprint density at radius 2 is 1.81 bits per heavy atom. The van der Waals surface area contributed by atoms with Crippen LogP contribution in [0.4, 0.5) is 10.1 Å². The van der Waals surface area contributed by atoms with E-state index >= 15 is 0 Å². The van der Waals surface area contributed by atoms with Gasteiger partial charge in [-0.15, -0.1) is 0 Å². The molecule has 0 N–H and O–H groups in total. The Morgan fingerprint density at radius 3 is 2.59 bits per heavy atom. The maximum Gasteiger partial charge on any atom is 0.339 e. The number of anilines is 1. The minimum absolute atomic E-state index is 0.205. The third-order valence-corrected chi connectivity index (χ3v) is 5.69. The van der Waals surface area contributed by atoms with Gasteiger partial charge in [0.05, 0.1) is 0 Å². The molecule has 0 spiro atoms. The highest BCUT2D eigenvalue weighted by atomic mass is 19.1. The molecule has 0 amide bonds. The summed E-state index contributed by atoms with van der Waals surface area (Å²) in [6.45, 7) is 3.00. The smallest absolute Gasteiger partial charge is 0.339 e. The van der Waals surface area contributed by atoms with Gasteiger partial charge in [-0.2, -0.15) is 0 Å². The van der Waals surface area contributed by atoms with Crippen molar-refractivity contribution in [2.45, 2.75) is 39.2 Å². The molecule has 0 saturated heterocycles. The number of benzene rings is 2. The number of fused-ring (bicyclic) bond motifs is 4. The van der Waals surface area contributed by atoms with E-state index in [1.807, 2.05) is 6.92 Å². The number of rotatable bonds is 1. The van der Waals surface area contributed by atoms with E-state index in [4.69, 9.17) is 9.15 Å². The van der Waals surface area contributed by atoms with Gasteiger partial charge < -0.3 is 14.1 Å². The van der Waals surface area contributed by atoms with Gasteiger partial charge in [-0.05, 0) is 68.5 Å². The molecule has 0 unspecified atom stereocenters. The zero-order chi connectivity index (χ0) is 18.5. The van der Waals surface area contributed by atoms with Crippen LogP contribution in [0.5, 0.6) is 5.75 Å². The van der Waals surface area contributed by atoms with E-state index in [0.29, 0.717) is 18.9 Å². The summed E-state index contributed by atoms with van der Waals surface area (Å²) >= 11 is 0. The zero-order valence-corrected chi connectivity index (χ0v) is 15.2. The lowest BCUT2D eigenvalue weighted by Gasteiger charge is -2.32. The van der Waals surface area contributed by atoms with E-state index in [9.17, 15) is 9.18 Å². The van der Waals surface area contributed by atoms with Crippen LogP contribution < -0.4 is 15.3 Å². The van der Waals surface area contributed by atoms with Gasteiger partial charge >= 0.3 is 5.63 Å². The molecule has 5 rings (SSSR count). The Balaban J connectivity index is 1.64. The Hall–Kier alpha value is -2.82. The number of hydrogen-bond donors (Lipinski definition) is 0. The average Bonchev–Trinajstić information content (AvgIpc) is 2.70. The van der Waals surface area contributed by atoms with Crippen LogP contribution in [0, 0.1) is 12.7 Å². The van der Waals surface area contributed by atoms with E-state index in [1.165, 1.54) is 12.1 Å². The summed E-state index contributed by atoms with van der Waals surface area (Å²) in [6, 6.07) is 8.56. The highest BCUT2D eigenvalue weighted by Gasteiger charge is 2.25. The van der Waals surface area contributed by atoms with Gasteiger partial charge in [0.2, 0.25) is 0 Å². The quantitative estimate of drug-likeness (QED) is 0.597. The molecular weight excluding hydrogens is 345 g/mol. The fraction of sp³-hybridized carbons (Fsp3) is 0.318. The highest BCUT2D eigenvalue weighted by Crippen LogP contribution is 2.38. The first-order chi connectivity index (χ1) is 13.1. The Morgan fingerprint density at radius 1 is 1.07 bits per heavy atom. The van der Waals surface area contributed by atoms with Gasteiger partial charge in [0.1, 0.15) is 17.1 Å². The molecule has 138 valence electrons. The number of hydrogen-bond acceptors (Lipinski definition) is 4. The summed E-state index contributed by atoms with van der Waals surface area (Å²) in [6.07, 6.45) is 3.84. The number of nitrogens with zero attached hydrogens (tertiary/aromatic N) is 1. The lowest BCUT2D eigenvalue weighted by molar-refractivity contribution is 0.287. The number of halogens is 1. The van der Waals surface area contributed by atoms with Crippen LogP contribution in [-0.2, 0) is 19.4 Å². The summed E-state index contributed by atoms with van der Waals surface area (Å²) in [7, 11) is 0. The predicted molar refractivity (Wildman–Crippen MR) is 102 cm³/mol. The third-order valence-electron chi connectivity index (χ3n) is 5.69. The second-order valence-electron chi connectivity index (χ2n) is 7.37. The van der Waals surface area contributed by atoms with Crippen molar-refractivity contribution in [3.63, 3.8) is 0 Å². The van der Waals surface area contributed by atoms with Crippen LogP contribution in [0.2, 0.25) is 0 Å². The molecule has 2 heterocycles. The summed E-state index contributed by atoms with van der Waals surface area (Å²) in [5.41, 5.74) is 5.28. The van der Waals surface area contributed by atoms with E-state index in [0.717, 1.165) is 64.8 Å². The van der Waals surface area contributed by atoms with E-state index < -0.39 is 0 Å². The minimum Gasteiger partial charge on any atom is -0.472 e. The molecule has 2 aromatic carbocycles. The van der Waals surface area contributed by atoms with Crippen LogP contribution >= 0.6 is 0 Å². The largest absolute Gasteiger partial charge is 0.472 e. The molecule has 1 aliphatic heterocycles. The fourth-order valence-corrected chi connectivity index (χ4v) is 4.32. The van der Waals surface area contributed by atoms with Crippen molar-refractivity contribution in [2.75, 3.05) is 11.6 Å². The topological polar surface area (TPSA) is 42.7 Å². The molecule has 0 saturated carbocycles. The lowest BCUT2D eigenvalue weighted by atomic mass is 9.89. The van der Waals surface area contributed by atoms with Crippen LogP contribution in [0.1, 0.15) is 35.1 Å². The molecule has 1 aromatic heterocycles. The Kier molecular flexibility index (Phi) is 3.71. The van der Waals surface area contributed by atoms with Crippen LogP contribution in [0.15, 0.2) is 39.5 Å². The molecule has 5 heteroatoms. The summed E-state index contributed by atoms with van der Waals surface area (Å²) in [4.78, 5) is 14.5. The SMILES string of the molecule is Cc1c2c(cc3c4c(c(=O)oc13)CCCC4)CN(c1ccc(F)cc1)CO2. The third kappa shape index (κ3) is 2.60. The van der Waals surface area contributed by atoms with Crippen molar-refractivity contribution in [1.29, 1.82) is 0 Å². The van der Waals surface area contributed by atoms with E-state index in [-0.39, 0.29) is 11.4 Å². The Bertz CT molecular complexity index is 1100. The molecule has 0 atom stereocenters. The molecular formula is C22H20FNO3. The maximum atomic E-state index is 13.2. The van der Waals surface area contributed by atoms with Gasteiger partial charge in [-0.1, -0.05) is 0 Å². The highest BCUT2D eigenvalue weighted by molar-refractivity contribution is 5.87. The lowest BCUT2D eigenvalue weighted by Crippen LogP contribution is -2.32. The number of ether oxygens (including phenoxy) is 1. The monoisotopic (exact) mass is 365 g/mol. The van der Waals surface area contributed by atoms with Gasteiger partial charge in [0.15, 0.2) is 6.73 Å². The van der Waals surface area contributed by atoms with Crippen molar-refractivity contribution in [3.8, 4) is 5.75 Å². The standard InChI is InChI=1S/C22H20FNO3/c1-13-20-14(11-24(12-26-20)16-8-6-15(23)7-9-16)10-19-17-4-2-3-5-18(17)22(25)27-21(13)19/h6-10H,2-5,11-12H2,1H3. The summed E-state index contributed by atoms with van der Waals surface area (Å²) in [5, 5.41) is 1.03. The predicted octanol–water partition coefficient (Wildman–Crippen LogP) is 4.48. The van der Waals surface area contributed by atoms with Crippen molar-refractivity contribution >= 4 is 16.7 Å². The van der Waals surface area contributed by atoms with Gasteiger partial charge in [-0.3, -0.25) is 0 Å². The zero-order valence-electron chi connectivity index (χ0n) is 15.2. The molecule has 4 nitrogen and oxygen atoms in total. The van der Waals surface area contributed by atoms with Gasteiger partial charge in [0.25, 0.3) is 0 Å². The molecule has 3 aromatic rings. The number of aryl methyl sites for hydroxylation is 2. The van der Waals surface area contributed by atoms with Crippen LogP contribution in [-0.4, -0.2) is 6.73 Å². The van der Waals surface area contributed by atoms with Gasteiger partial charge in [-0.25, -0.2) is 9.18 Å². The normalized spacial score (nSPS) is 16.0. The van der Waals surface area contributed by atoms with Crippen LogP contribution in [0.25, 0.3) is 11.0 Å². The maximum absolute atomic E-state index is 13.2. The Labute approximate surface area is 156 Å². The molecule has 27 heavy (non-hydrogen) atoms. The van der Waals surface area contributed by atoms with Crippen molar-refractivity contribution in [3.05, 3.63) is 68.8 Å². The molecule has 2 aliphatic rings. The average molecular weight is 365 g/mol. The van der Waals surface area contributed by atoms with Crippen molar-refractivity contribution < 1.29 is 13.5 Å². The second-order valence-corrected chi connectivity index (χ2v) is 7.37. The molecule has 0 bridgehead atoms. The van der Waals surface area contributed by atoms with E-state index in [2.05, 4.69) is 11.0 Å². The first-order valence-corrected chi connectivity index (χ1v) is 9.36. The molecule has 0 radical (unpaired) electrons. The van der Waals surface area contributed by atoms with Crippen molar-refractivity contribution in [2.24, 2.45) is 0 Å².